The smallest absolute Gasteiger partial charge is 0.379 e. The van der Waals surface area contributed by atoms with E-state index in [-0.39, 0.29) is 30.6 Å². The summed E-state index contributed by atoms with van der Waals surface area (Å²) in [5, 5.41) is 7.36. The maximum absolute atomic E-state index is 14.2. The van der Waals surface area contributed by atoms with Crippen molar-refractivity contribution in [3.8, 4) is 11.5 Å². The molecule has 1 saturated heterocycles. The molecule has 3 N–H and O–H groups in total. The fraction of sp³-hybridized carbons (Fsp3) is 0.444. The molecule has 3 aromatic rings. The second-order valence-corrected chi connectivity index (χ2v) is 6.82. The van der Waals surface area contributed by atoms with Crippen LogP contribution in [0.4, 0.5) is 23.2 Å². The summed E-state index contributed by atoms with van der Waals surface area (Å²) in [4.78, 5) is 4.05. The number of ether oxygens (including phenoxy) is 1. The van der Waals surface area contributed by atoms with E-state index in [2.05, 4.69) is 15.5 Å². The van der Waals surface area contributed by atoms with Gasteiger partial charge in [-0.25, -0.2) is 4.39 Å². The topological polar surface area (TPSA) is 91.1 Å². The van der Waals surface area contributed by atoms with Crippen molar-refractivity contribution in [3.05, 3.63) is 30.2 Å². The van der Waals surface area contributed by atoms with Crippen molar-refractivity contribution in [2.75, 3.05) is 18.5 Å². The zero-order chi connectivity index (χ0) is 20.6. The zero-order valence-electron chi connectivity index (χ0n) is 15.2. The number of rotatable bonds is 5. The molecule has 0 spiro atoms. The lowest BCUT2D eigenvalue weighted by atomic mass is 10.1. The molecule has 0 amide bonds. The maximum Gasteiger partial charge on any atom is 0.406 e. The number of alkyl halides is 4. The van der Waals surface area contributed by atoms with Crippen molar-refractivity contribution < 1.29 is 26.8 Å². The lowest BCUT2D eigenvalue weighted by Gasteiger charge is -2.28. The van der Waals surface area contributed by atoms with E-state index in [0.29, 0.717) is 29.6 Å². The van der Waals surface area contributed by atoms with Gasteiger partial charge in [0.25, 0.3) is 0 Å². The number of halogens is 4. The first-order valence-electron chi connectivity index (χ1n) is 9.06. The van der Waals surface area contributed by atoms with Crippen LogP contribution < -0.4 is 11.1 Å². The van der Waals surface area contributed by atoms with E-state index in [1.54, 1.807) is 24.3 Å². The van der Waals surface area contributed by atoms with Crippen LogP contribution in [0, 0.1) is 0 Å². The third-order valence-electron chi connectivity index (χ3n) is 4.78. The van der Waals surface area contributed by atoms with E-state index in [0.717, 1.165) is 4.57 Å². The fourth-order valence-electron chi connectivity index (χ4n) is 3.45. The summed E-state index contributed by atoms with van der Waals surface area (Å²) in [7, 11) is 0. The van der Waals surface area contributed by atoms with Gasteiger partial charge in [0.05, 0.1) is 30.4 Å². The molecule has 2 aromatic heterocycles. The zero-order valence-corrected chi connectivity index (χ0v) is 15.2. The number of hydrogen-bond acceptors (Lipinski definition) is 6. The molecule has 4 rings (SSSR count). The van der Waals surface area contributed by atoms with Gasteiger partial charge in [0.15, 0.2) is 0 Å². The average Bonchev–Trinajstić information content (AvgIpc) is 3.28. The Bertz CT molecular complexity index is 1000. The summed E-state index contributed by atoms with van der Waals surface area (Å²) >= 11 is 0. The molecule has 1 fully saturated rings. The highest BCUT2D eigenvalue weighted by molar-refractivity contribution is 5.96. The SMILES string of the molecule is NCc1nc(-c2cc3c(N[C@H]4CCOC[C@H]4F)cccc3n2CC(F)(F)F)no1. The van der Waals surface area contributed by atoms with Crippen LogP contribution in [0.1, 0.15) is 12.3 Å². The fourth-order valence-corrected chi connectivity index (χ4v) is 3.45. The Morgan fingerprint density at radius 2 is 2.14 bits per heavy atom. The Kier molecular flexibility index (Phi) is 5.17. The van der Waals surface area contributed by atoms with Crippen molar-refractivity contribution in [1.82, 2.24) is 14.7 Å². The Morgan fingerprint density at radius 3 is 2.83 bits per heavy atom. The quantitative estimate of drug-likeness (QED) is 0.624. The molecule has 0 aliphatic carbocycles. The van der Waals surface area contributed by atoms with Crippen LogP contribution in [0.25, 0.3) is 22.4 Å². The first-order chi connectivity index (χ1) is 13.9. The lowest BCUT2D eigenvalue weighted by Crippen LogP contribution is -2.39. The van der Waals surface area contributed by atoms with Crippen LogP contribution in [-0.2, 0) is 17.8 Å². The molecule has 3 heterocycles. The van der Waals surface area contributed by atoms with Gasteiger partial charge in [-0.15, -0.1) is 0 Å². The predicted molar refractivity (Wildman–Crippen MR) is 96.9 cm³/mol. The van der Waals surface area contributed by atoms with Gasteiger partial charge in [-0.2, -0.15) is 18.2 Å². The Morgan fingerprint density at radius 1 is 1.31 bits per heavy atom. The van der Waals surface area contributed by atoms with Gasteiger partial charge in [0.2, 0.25) is 11.7 Å². The summed E-state index contributed by atoms with van der Waals surface area (Å²) in [5.41, 5.74) is 6.45. The van der Waals surface area contributed by atoms with Crippen molar-refractivity contribution in [1.29, 1.82) is 0 Å². The number of nitrogens with two attached hydrogens (primary N) is 1. The first-order valence-corrected chi connectivity index (χ1v) is 9.06. The van der Waals surface area contributed by atoms with Crippen molar-refractivity contribution in [2.45, 2.75) is 37.9 Å². The van der Waals surface area contributed by atoms with Gasteiger partial charge in [-0.1, -0.05) is 11.2 Å². The monoisotopic (exact) mass is 413 g/mol. The van der Waals surface area contributed by atoms with Gasteiger partial charge < -0.3 is 24.9 Å². The minimum absolute atomic E-state index is 0.00582. The number of fused-ring (bicyclic) bond motifs is 1. The van der Waals surface area contributed by atoms with E-state index in [9.17, 15) is 17.6 Å². The summed E-state index contributed by atoms with van der Waals surface area (Å²) in [6.07, 6.45) is -5.21. The van der Waals surface area contributed by atoms with Crippen LogP contribution in [0.15, 0.2) is 28.8 Å². The number of hydrogen-bond donors (Lipinski definition) is 2. The highest BCUT2D eigenvalue weighted by Crippen LogP contribution is 2.35. The van der Waals surface area contributed by atoms with Gasteiger partial charge >= 0.3 is 6.18 Å². The van der Waals surface area contributed by atoms with E-state index in [1.165, 1.54) is 0 Å². The molecule has 0 saturated carbocycles. The van der Waals surface area contributed by atoms with E-state index in [4.69, 9.17) is 15.0 Å². The first kappa shape index (κ1) is 19.6. The van der Waals surface area contributed by atoms with Crippen molar-refractivity contribution >= 4 is 16.6 Å². The van der Waals surface area contributed by atoms with E-state index >= 15 is 0 Å². The molecular formula is C18H19F4N5O2. The van der Waals surface area contributed by atoms with Crippen LogP contribution in [0.2, 0.25) is 0 Å². The lowest BCUT2D eigenvalue weighted by molar-refractivity contribution is -0.139. The summed E-state index contributed by atoms with van der Waals surface area (Å²) in [6.45, 7) is -0.858. The Balaban J connectivity index is 1.80. The summed E-state index contributed by atoms with van der Waals surface area (Å²) < 4.78 is 65.1. The number of nitrogens with zero attached hydrogens (tertiary/aromatic N) is 3. The number of nitrogens with one attached hydrogen (secondary N) is 1. The van der Waals surface area contributed by atoms with Crippen LogP contribution in [0.3, 0.4) is 0 Å². The second-order valence-electron chi connectivity index (χ2n) is 6.82. The van der Waals surface area contributed by atoms with Gasteiger partial charge in [0, 0.05) is 17.7 Å². The minimum Gasteiger partial charge on any atom is -0.379 e. The highest BCUT2D eigenvalue weighted by atomic mass is 19.4. The minimum atomic E-state index is -4.46. The number of anilines is 1. The molecule has 7 nitrogen and oxygen atoms in total. The largest absolute Gasteiger partial charge is 0.406 e. The van der Waals surface area contributed by atoms with Gasteiger partial charge in [-0.3, -0.25) is 0 Å². The standard InChI is InChI=1S/C18H19F4N5O2/c19-11-8-28-5-4-13(11)24-12-2-1-3-14-10(12)6-15(27(14)9-18(20,21)22)17-25-16(7-23)29-26-17/h1-3,6,11,13,24H,4-5,7-9,23H2/t11-,13+/m1/s1. The molecule has 156 valence electrons. The van der Waals surface area contributed by atoms with Crippen molar-refractivity contribution in [3.63, 3.8) is 0 Å². The molecule has 0 radical (unpaired) electrons. The molecule has 0 unspecified atom stereocenters. The molecular weight excluding hydrogens is 394 g/mol. The Labute approximate surface area is 162 Å². The van der Waals surface area contributed by atoms with E-state index < -0.39 is 24.9 Å². The molecule has 1 aliphatic heterocycles. The number of aromatic nitrogens is 3. The third-order valence-corrected chi connectivity index (χ3v) is 4.78. The summed E-state index contributed by atoms with van der Waals surface area (Å²) in [5.74, 6) is 0.121. The molecule has 29 heavy (non-hydrogen) atoms. The molecule has 0 bridgehead atoms. The predicted octanol–water partition coefficient (Wildman–Crippen LogP) is 3.25. The van der Waals surface area contributed by atoms with Crippen LogP contribution >= 0.6 is 0 Å². The molecule has 1 aromatic carbocycles. The van der Waals surface area contributed by atoms with Crippen molar-refractivity contribution in [2.24, 2.45) is 5.73 Å². The normalized spacial score (nSPS) is 20.3. The Hall–Kier alpha value is -2.66. The van der Waals surface area contributed by atoms with Gasteiger partial charge in [-0.05, 0) is 24.6 Å². The van der Waals surface area contributed by atoms with Crippen LogP contribution in [-0.4, -0.2) is 46.3 Å². The average molecular weight is 413 g/mol. The van der Waals surface area contributed by atoms with E-state index in [1.807, 2.05) is 0 Å². The van der Waals surface area contributed by atoms with Crippen LogP contribution in [0.5, 0.6) is 0 Å². The summed E-state index contributed by atoms with van der Waals surface area (Å²) in [6, 6.07) is 5.94. The third kappa shape index (κ3) is 4.06. The second kappa shape index (κ2) is 7.64. The molecule has 2 atom stereocenters. The number of benzene rings is 1. The van der Waals surface area contributed by atoms with Gasteiger partial charge in [0.1, 0.15) is 12.7 Å². The molecule has 1 aliphatic rings. The molecule has 11 heteroatoms. The maximum atomic E-state index is 14.2. The highest BCUT2D eigenvalue weighted by Gasteiger charge is 2.32.